The van der Waals surface area contributed by atoms with Crippen LogP contribution in [0.1, 0.15) is 36.2 Å². The average Bonchev–Trinajstić information content (AvgIpc) is 2.87. The standard InChI is InChI=1S/C15H23N3O/c1-11(2)12-7-8-18(9-12)10-13-5-3-4-6-14(13)15(19)17-16/h3-6,11-12H,7-10,16H2,1-2H3,(H,17,19). The lowest BCUT2D eigenvalue weighted by Gasteiger charge is -2.19. The van der Waals surface area contributed by atoms with Crippen LogP contribution >= 0.6 is 0 Å². The van der Waals surface area contributed by atoms with Gasteiger partial charge in [-0.25, -0.2) is 5.84 Å². The van der Waals surface area contributed by atoms with Gasteiger partial charge in [-0.05, 0) is 36.4 Å². The first kappa shape index (κ1) is 14.0. The molecule has 0 spiro atoms. The highest BCUT2D eigenvalue weighted by molar-refractivity contribution is 5.95. The molecule has 0 aromatic heterocycles. The smallest absolute Gasteiger partial charge is 0.265 e. The SMILES string of the molecule is CC(C)C1CCN(Cc2ccccc2C(=O)NN)C1. The summed E-state index contributed by atoms with van der Waals surface area (Å²) in [5.41, 5.74) is 3.95. The minimum atomic E-state index is -0.213. The van der Waals surface area contributed by atoms with Gasteiger partial charge >= 0.3 is 0 Å². The van der Waals surface area contributed by atoms with Crippen LogP contribution in [-0.2, 0) is 6.54 Å². The number of rotatable bonds is 4. The van der Waals surface area contributed by atoms with Crippen molar-refractivity contribution in [3.8, 4) is 0 Å². The van der Waals surface area contributed by atoms with Gasteiger partial charge < -0.3 is 0 Å². The van der Waals surface area contributed by atoms with Crippen LogP contribution in [0.15, 0.2) is 24.3 Å². The fourth-order valence-electron chi connectivity index (χ4n) is 2.75. The van der Waals surface area contributed by atoms with Crippen LogP contribution < -0.4 is 11.3 Å². The number of hydrogen-bond donors (Lipinski definition) is 2. The molecule has 0 aliphatic carbocycles. The Morgan fingerprint density at radius 3 is 2.84 bits per heavy atom. The van der Waals surface area contributed by atoms with Gasteiger partial charge in [0.1, 0.15) is 0 Å². The van der Waals surface area contributed by atoms with E-state index in [0.29, 0.717) is 5.56 Å². The van der Waals surface area contributed by atoms with E-state index in [1.54, 1.807) is 0 Å². The maximum Gasteiger partial charge on any atom is 0.265 e. The minimum absolute atomic E-state index is 0.213. The third-order valence-corrected chi connectivity index (χ3v) is 4.04. The molecule has 1 atom stereocenters. The summed E-state index contributed by atoms with van der Waals surface area (Å²) >= 11 is 0. The van der Waals surface area contributed by atoms with Crippen LogP contribution in [0.3, 0.4) is 0 Å². The van der Waals surface area contributed by atoms with E-state index in [2.05, 4.69) is 24.2 Å². The van der Waals surface area contributed by atoms with Gasteiger partial charge in [0, 0.05) is 18.7 Å². The number of carbonyl (C=O) groups is 1. The van der Waals surface area contributed by atoms with Crippen molar-refractivity contribution in [2.24, 2.45) is 17.7 Å². The third-order valence-electron chi connectivity index (χ3n) is 4.04. The Morgan fingerprint density at radius 1 is 1.47 bits per heavy atom. The average molecular weight is 261 g/mol. The van der Waals surface area contributed by atoms with Crippen molar-refractivity contribution >= 4 is 5.91 Å². The second-order valence-corrected chi connectivity index (χ2v) is 5.66. The van der Waals surface area contributed by atoms with Gasteiger partial charge in [0.05, 0.1) is 0 Å². The summed E-state index contributed by atoms with van der Waals surface area (Å²) in [7, 11) is 0. The lowest BCUT2D eigenvalue weighted by molar-refractivity contribution is 0.0951. The Balaban J connectivity index is 2.06. The molecule has 0 radical (unpaired) electrons. The number of nitrogens with one attached hydrogen (secondary N) is 1. The summed E-state index contributed by atoms with van der Waals surface area (Å²) < 4.78 is 0. The molecule has 1 amide bonds. The number of amides is 1. The van der Waals surface area contributed by atoms with Crippen molar-refractivity contribution in [1.29, 1.82) is 0 Å². The largest absolute Gasteiger partial charge is 0.299 e. The van der Waals surface area contributed by atoms with Gasteiger partial charge in [0.25, 0.3) is 5.91 Å². The first-order valence-corrected chi connectivity index (χ1v) is 6.93. The summed E-state index contributed by atoms with van der Waals surface area (Å²) in [5.74, 6) is 6.52. The Hall–Kier alpha value is -1.39. The topological polar surface area (TPSA) is 58.4 Å². The third kappa shape index (κ3) is 3.33. The molecule has 3 N–H and O–H groups in total. The summed E-state index contributed by atoms with van der Waals surface area (Å²) in [6.07, 6.45) is 1.25. The van der Waals surface area contributed by atoms with Crippen LogP contribution in [0.2, 0.25) is 0 Å². The molecule has 0 saturated carbocycles. The predicted octanol–water partition coefficient (Wildman–Crippen LogP) is 1.77. The van der Waals surface area contributed by atoms with Crippen LogP contribution in [-0.4, -0.2) is 23.9 Å². The molecule has 104 valence electrons. The van der Waals surface area contributed by atoms with Crippen LogP contribution in [0, 0.1) is 11.8 Å². The summed E-state index contributed by atoms with van der Waals surface area (Å²) in [6.45, 7) is 7.62. The fourth-order valence-corrected chi connectivity index (χ4v) is 2.75. The second-order valence-electron chi connectivity index (χ2n) is 5.66. The zero-order chi connectivity index (χ0) is 13.8. The van der Waals surface area contributed by atoms with E-state index < -0.39 is 0 Å². The molecule has 1 aromatic carbocycles. The second kappa shape index (κ2) is 6.17. The van der Waals surface area contributed by atoms with Crippen molar-refractivity contribution < 1.29 is 4.79 Å². The first-order chi connectivity index (χ1) is 9.11. The predicted molar refractivity (Wildman–Crippen MR) is 76.3 cm³/mol. The number of nitrogen functional groups attached to an aromatic ring is 1. The molecular formula is C15H23N3O. The van der Waals surface area contributed by atoms with Crippen molar-refractivity contribution in [2.45, 2.75) is 26.8 Å². The Morgan fingerprint density at radius 2 is 2.21 bits per heavy atom. The molecule has 4 heteroatoms. The Bertz CT molecular complexity index is 445. The van der Waals surface area contributed by atoms with Gasteiger partial charge in [0.15, 0.2) is 0 Å². The Labute approximate surface area is 114 Å². The molecule has 1 saturated heterocycles. The maximum atomic E-state index is 11.7. The number of carbonyl (C=O) groups excluding carboxylic acids is 1. The molecule has 2 rings (SSSR count). The number of likely N-dealkylation sites (tertiary alicyclic amines) is 1. The molecule has 0 bridgehead atoms. The molecule has 1 aliphatic heterocycles. The molecule has 1 aromatic rings. The maximum absolute atomic E-state index is 11.7. The highest BCUT2D eigenvalue weighted by Crippen LogP contribution is 2.25. The van der Waals surface area contributed by atoms with Crippen molar-refractivity contribution in [3.63, 3.8) is 0 Å². The fraction of sp³-hybridized carbons (Fsp3) is 0.533. The first-order valence-electron chi connectivity index (χ1n) is 6.93. The van der Waals surface area contributed by atoms with Crippen LogP contribution in [0.5, 0.6) is 0 Å². The summed E-state index contributed by atoms with van der Waals surface area (Å²) in [5, 5.41) is 0. The van der Waals surface area contributed by atoms with Crippen molar-refractivity contribution in [1.82, 2.24) is 10.3 Å². The van der Waals surface area contributed by atoms with Gasteiger partial charge in [-0.1, -0.05) is 32.0 Å². The van der Waals surface area contributed by atoms with E-state index in [9.17, 15) is 4.79 Å². The van der Waals surface area contributed by atoms with E-state index in [1.165, 1.54) is 6.42 Å². The van der Waals surface area contributed by atoms with Crippen LogP contribution in [0.4, 0.5) is 0 Å². The zero-order valence-corrected chi connectivity index (χ0v) is 11.7. The van der Waals surface area contributed by atoms with E-state index >= 15 is 0 Å². The molecule has 1 heterocycles. The van der Waals surface area contributed by atoms with Gasteiger partial charge in [-0.3, -0.25) is 15.1 Å². The number of hydrazine groups is 1. The highest BCUT2D eigenvalue weighted by atomic mass is 16.2. The molecular weight excluding hydrogens is 238 g/mol. The molecule has 1 fully saturated rings. The number of nitrogens with two attached hydrogens (primary N) is 1. The molecule has 1 aliphatic rings. The number of benzene rings is 1. The van der Waals surface area contributed by atoms with Gasteiger partial charge in [-0.2, -0.15) is 0 Å². The summed E-state index contributed by atoms with van der Waals surface area (Å²) in [6, 6.07) is 7.68. The van der Waals surface area contributed by atoms with Crippen molar-refractivity contribution in [2.75, 3.05) is 13.1 Å². The summed E-state index contributed by atoms with van der Waals surface area (Å²) in [4.78, 5) is 14.1. The van der Waals surface area contributed by atoms with Gasteiger partial charge in [-0.15, -0.1) is 0 Å². The quantitative estimate of drug-likeness (QED) is 0.493. The Kier molecular flexibility index (Phi) is 4.56. The molecule has 4 nitrogen and oxygen atoms in total. The zero-order valence-electron chi connectivity index (χ0n) is 11.7. The minimum Gasteiger partial charge on any atom is -0.299 e. The monoisotopic (exact) mass is 261 g/mol. The van der Waals surface area contributed by atoms with E-state index in [1.807, 2.05) is 24.3 Å². The van der Waals surface area contributed by atoms with E-state index in [0.717, 1.165) is 37.0 Å². The highest BCUT2D eigenvalue weighted by Gasteiger charge is 2.25. The molecule has 1 unspecified atom stereocenters. The lowest BCUT2D eigenvalue weighted by atomic mass is 9.95. The van der Waals surface area contributed by atoms with E-state index in [-0.39, 0.29) is 5.91 Å². The van der Waals surface area contributed by atoms with Crippen molar-refractivity contribution in [3.05, 3.63) is 35.4 Å². The van der Waals surface area contributed by atoms with Gasteiger partial charge in [0.2, 0.25) is 0 Å². The lowest BCUT2D eigenvalue weighted by Crippen LogP contribution is -2.31. The number of hydrogen-bond acceptors (Lipinski definition) is 3. The van der Waals surface area contributed by atoms with Crippen LogP contribution in [0.25, 0.3) is 0 Å². The molecule has 19 heavy (non-hydrogen) atoms. The number of nitrogens with zero attached hydrogens (tertiary/aromatic N) is 1. The van der Waals surface area contributed by atoms with E-state index in [4.69, 9.17) is 5.84 Å². The normalized spacial score (nSPS) is 19.9.